The SMILES string of the molecule is CCOCOc1ccc([N+](=O)[O-])cc1CNC1CC1. The molecule has 1 aromatic carbocycles. The molecule has 0 unspecified atom stereocenters. The third-order valence-electron chi connectivity index (χ3n) is 2.92. The molecule has 1 aromatic rings. The summed E-state index contributed by atoms with van der Waals surface area (Å²) in [6.45, 7) is 3.19. The van der Waals surface area contributed by atoms with E-state index in [1.807, 2.05) is 6.92 Å². The molecule has 0 bridgehead atoms. The van der Waals surface area contributed by atoms with Crippen molar-refractivity contribution in [2.24, 2.45) is 0 Å². The fourth-order valence-electron chi connectivity index (χ4n) is 1.69. The van der Waals surface area contributed by atoms with Crippen molar-refractivity contribution >= 4 is 5.69 Å². The summed E-state index contributed by atoms with van der Waals surface area (Å²) in [7, 11) is 0. The highest BCUT2D eigenvalue weighted by Crippen LogP contribution is 2.26. The molecule has 0 aliphatic heterocycles. The minimum Gasteiger partial charge on any atom is -0.467 e. The molecular formula is C13H18N2O4. The lowest BCUT2D eigenvalue weighted by atomic mass is 10.1. The smallest absolute Gasteiger partial charge is 0.270 e. The van der Waals surface area contributed by atoms with Gasteiger partial charge in [0.25, 0.3) is 5.69 Å². The highest BCUT2D eigenvalue weighted by molar-refractivity contribution is 5.43. The van der Waals surface area contributed by atoms with Crippen LogP contribution in [0.2, 0.25) is 0 Å². The monoisotopic (exact) mass is 266 g/mol. The summed E-state index contributed by atoms with van der Waals surface area (Å²) in [4.78, 5) is 10.4. The number of ether oxygens (including phenoxy) is 2. The van der Waals surface area contributed by atoms with Crippen LogP contribution in [0.15, 0.2) is 18.2 Å². The molecule has 19 heavy (non-hydrogen) atoms. The van der Waals surface area contributed by atoms with E-state index in [1.54, 1.807) is 12.1 Å². The number of rotatable bonds is 8. The zero-order chi connectivity index (χ0) is 13.7. The molecule has 1 N–H and O–H groups in total. The van der Waals surface area contributed by atoms with Gasteiger partial charge in [0.1, 0.15) is 5.75 Å². The van der Waals surface area contributed by atoms with E-state index < -0.39 is 4.92 Å². The van der Waals surface area contributed by atoms with Crippen molar-refractivity contribution in [2.45, 2.75) is 32.4 Å². The molecule has 0 atom stereocenters. The number of hydrogen-bond acceptors (Lipinski definition) is 5. The second kappa shape index (κ2) is 6.49. The van der Waals surface area contributed by atoms with Crippen molar-refractivity contribution in [1.82, 2.24) is 5.32 Å². The predicted octanol–water partition coefficient (Wildman–Crippen LogP) is 2.22. The van der Waals surface area contributed by atoms with E-state index in [9.17, 15) is 10.1 Å². The van der Waals surface area contributed by atoms with Crippen LogP contribution in [0.5, 0.6) is 5.75 Å². The average molecular weight is 266 g/mol. The van der Waals surface area contributed by atoms with E-state index in [4.69, 9.17) is 9.47 Å². The van der Waals surface area contributed by atoms with Crippen LogP contribution in [-0.2, 0) is 11.3 Å². The topological polar surface area (TPSA) is 73.6 Å². The minimum absolute atomic E-state index is 0.0800. The van der Waals surface area contributed by atoms with Crippen LogP contribution >= 0.6 is 0 Å². The number of hydrogen-bond donors (Lipinski definition) is 1. The number of nitrogens with zero attached hydrogens (tertiary/aromatic N) is 1. The maximum Gasteiger partial charge on any atom is 0.270 e. The molecule has 1 aliphatic rings. The van der Waals surface area contributed by atoms with E-state index in [1.165, 1.54) is 18.9 Å². The first kappa shape index (κ1) is 13.8. The molecule has 1 saturated carbocycles. The van der Waals surface area contributed by atoms with Gasteiger partial charge in [-0.2, -0.15) is 0 Å². The van der Waals surface area contributed by atoms with E-state index >= 15 is 0 Å². The summed E-state index contributed by atoms with van der Waals surface area (Å²) in [6, 6.07) is 5.17. The highest BCUT2D eigenvalue weighted by Gasteiger charge is 2.21. The first-order valence-corrected chi connectivity index (χ1v) is 6.42. The molecule has 0 amide bonds. The second-order valence-corrected chi connectivity index (χ2v) is 4.46. The van der Waals surface area contributed by atoms with E-state index in [0.717, 1.165) is 5.56 Å². The molecule has 0 radical (unpaired) electrons. The summed E-state index contributed by atoms with van der Waals surface area (Å²) in [6.07, 6.45) is 2.34. The molecule has 2 rings (SSSR count). The van der Waals surface area contributed by atoms with Gasteiger partial charge in [0.2, 0.25) is 0 Å². The Bertz CT molecular complexity index is 446. The van der Waals surface area contributed by atoms with Gasteiger partial charge >= 0.3 is 0 Å². The van der Waals surface area contributed by atoms with Crippen LogP contribution in [0.4, 0.5) is 5.69 Å². The Hall–Kier alpha value is -1.66. The Morgan fingerprint density at radius 3 is 2.89 bits per heavy atom. The summed E-state index contributed by atoms with van der Waals surface area (Å²) in [5.41, 5.74) is 0.872. The van der Waals surface area contributed by atoms with Crippen molar-refractivity contribution in [1.29, 1.82) is 0 Å². The van der Waals surface area contributed by atoms with Gasteiger partial charge in [-0.1, -0.05) is 0 Å². The first-order chi connectivity index (χ1) is 9.20. The lowest BCUT2D eigenvalue weighted by Crippen LogP contribution is -2.16. The van der Waals surface area contributed by atoms with Crippen LogP contribution in [0.3, 0.4) is 0 Å². The maximum absolute atomic E-state index is 10.8. The van der Waals surface area contributed by atoms with Gasteiger partial charge in [0.05, 0.1) is 4.92 Å². The molecule has 6 nitrogen and oxygen atoms in total. The van der Waals surface area contributed by atoms with E-state index in [2.05, 4.69) is 5.32 Å². The Labute approximate surface area is 111 Å². The van der Waals surface area contributed by atoms with Gasteiger partial charge in [0, 0.05) is 36.9 Å². The quantitative estimate of drug-likeness (QED) is 0.338. The lowest BCUT2D eigenvalue weighted by Gasteiger charge is -2.11. The Kier molecular flexibility index (Phi) is 4.70. The van der Waals surface area contributed by atoms with Gasteiger partial charge in [-0.05, 0) is 25.8 Å². The number of nitro groups is 1. The van der Waals surface area contributed by atoms with Gasteiger partial charge in [-0.15, -0.1) is 0 Å². The van der Waals surface area contributed by atoms with Crippen LogP contribution in [0.25, 0.3) is 0 Å². The van der Waals surface area contributed by atoms with Crippen molar-refractivity contribution in [2.75, 3.05) is 13.4 Å². The molecule has 0 spiro atoms. The summed E-state index contributed by atoms with van der Waals surface area (Å²) in [5, 5.41) is 14.1. The van der Waals surface area contributed by atoms with Crippen LogP contribution in [0.1, 0.15) is 25.3 Å². The molecule has 1 fully saturated rings. The van der Waals surface area contributed by atoms with Gasteiger partial charge in [0.15, 0.2) is 6.79 Å². The fraction of sp³-hybridized carbons (Fsp3) is 0.538. The first-order valence-electron chi connectivity index (χ1n) is 6.42. The third kappa shape index (κ3) is 4.18. The molecule has 6 heteroatoms. The molecular weight excluding hydrogens is 248 g/mol. The standard InChI is InChI=1S/C13H18N2O4/c1-2-18-9-19-13-6-5-12(15(16)17)7-10(13)8-14-11-3-4-11/h5-7,11,14H,2-4,8-9H2,1H3. The van der Waals surface area contributed by atoms with Gasteiger partial charge in [-0.25, -0.2) is 0 Å². The molecule has 1 aliphatic carbocycles. The maximum atomic E-state index is 10.8. The van der Waals surface area contributed by atoms with Crippen molar-refractivity contribution < 1.29 is 14.4 Å². The number of nitro benzene ring substituents is 1. The molecule has 0 heterocycles. The van der Waals surface area contributed by atoms with Crippen molar-refractivity contribution in [3.05, 3.63) is 33.9 Å². The Morgan fingerprint density at radius 1 is 1.47 bits per heavy atom. The van der Waals surface area contributed by atoms with Gasteiger partial charge < -0.3 is 14.8 Å². The normalized spacial score (nSPS) is 14.4. The highest BCUT2D eigenvalue weighted by atomic mass is 16.7. The van der Waals surface area contributed by atoms with Crippen LogP contribution < -0.4 is 10.1 Å². The second-order valence-electron chi connectivity index (χ2n) is 4.46. The average Bonchev–Trinajstić information content (AvgIpc) is 3.21. The number of nitrogens with one attached hydrogen (secondary N) is 1. The predicted molar refractivity (Wildman–Crippen MR) is 70.1 cm³/mol. The largest absolute Gasteiger partial charge is 0.467 e. The number of non-ortho nitro benzene ring substituents is 1. The van der Waals surface area contributed by atoms with Crippen LogP contribution in [-0.4, -0.2) is 24.4 Å². The summed E-state index contributed by atoms with van der Waals surface area (Å²) < 4.78 is 10.6. The Morgan fingerprint density at radius 2 is 2.26 bits per heavy atom. The molecule has 104 valence electrons. The van der Waals surface area contributed by atoms with Crippen molar-refractivity contribution in [3.8, 4) is 5.75 Å². The zero-order valence-electron chi connectivity index (χ0n) is 10.9. The molecule has 0 saturated heterocycles. The van der Waals surface area contributed by atoms with E-state index in [0.29, 0.717) is 24.9 Å². The van der Waals surface area contributed by atoms with E-state index in [-0.39, 0.29) is 12.5 Å². The zero-order valence-corrected chi connectivity index (χ0v) is 10.9. The van der Waals surface area contributed by atoms with Crippen LogP contribution in [0, 0.1) is 10.1 Å². The summed E-state index contributed by atoms with van der Waals surface area (Å²) >= 11 is 0. The summed E-state index contributed by atoms with van der Waals surface area (Å²) in [5.74, 6) is 0.632. The molecule has 0 aromatic heterocycles. The van der Waals surface area contributed by atoms with Crippen molar-refractivity contribution in [3.63, 3.8) is 0 Å². The third-order valence-corrected chi connectivity index (χ3v) is 2.92. The lowest BCUT2D eigenvalue weighted by molar-refractivity contribution is -0.384. The number of benzene rings is 1. The fourth-order valence-corrected chi connectivity index (χ4v) is 1.69. The Balaban J connectivity index is 2.06. The van der Waals surface area contributed by atoms with Gasteiger partial charge in [-0.3, -0.25) is 10.1 Å². The minimum atomic E-state index is -0.396.